The van der Waals surface area contributed by atoms with Crippen molar-refractivity contribution in [1.82, 2.24) is 9.47 Å². The molecule has 1 amide bonds. The first-order valence-electron chi connectivity index (χ1n) is 10.1. The third-order valence-electron chi connectivity index (χ3n) is 6.45. The van der Waals surface area contributed by atoms with E-state index in [1.807, 2.05) is 35.0 Å². The Kier molecular flexibility index (Phi) is 4.56. The number of aliphatic carboxylic acids is 1. The van der Waals surface area contributed by atoms with Crippen molar-refractivity contribution in [2.24, 2.45) is 11.3 Å². The molecule has 1 saturated heterocycles. The van der Waals surface area contributed by atoms with E-state index < -0.39 is 11.9 Å². The first-order chi connectivity index (χ1) is 13.3. The third kappa shape index (κ3) is 3.23. The number of carboxylic acids is 1. The van der Waals surface area contributed by atoms with Gasteiger partial charge < -0.3 is 14.6 Å². The average molecular weight is 380 g/mol. The Balaban J connectivity index is 1.58. The van der Waals surface area contributed by atoms with Gasteiger partial charge in [0.1, 0.15) is 0 Å². The SMILES string of the molecule is C/C=C1/CC2CC(C)(C1)CN2C(=O)c1ccc2c(ccn2CC(C)C(=O)O)c1. The van der Waals surface area contributed by atoms with Gasteiger partial charge in [0.05, 0.1) is 5.92 Å². The van der Waals surface area contributed by atoms with Crippen LogP contribution in [0.5, 0.6) is 0 Å². The molecule has 0 radical (unpaired) electrons. The summed E-state index contributed by atoms with van der Waals surface area (Å²) in [6.45, 7) is 7.34. The van der Waals surface area contributed by atoms with Crippen LogP contribution in [0.3, 0.4) is 0 Å². The fraction of sp³-hybridized carbons (Fsp3) is 0.478. The van der Waals surface area contributed by atoms with Gasteiger partial charge in [-0.2, -0.15) is 0 Å². The summed E-state index contributed by atoms with van der Waals surface area (Å²) in [6.07, 6.45) is 7.28. The Morgan fingerprint density at radius 3 is 2.86 bits per heavy atom. The molecular formula is C23H28N2O3. The second-order valence-corrected chi connectivity index (χ2v) is 8.91. The van der Waals surface area contributed by atoms with Crippen molar-refractivity contribution >= 4 is 22.8 Å². The van der Waals surface area contributed by atoms with Crippen LogP contribution < -0.4 is 0 Å². The number of rotatable bonds is 4. The van der Waals surface area contributed by atoms with Gasteiger partial charge in [0.15, 0.2) is 0 Å². The Morgan fingerprint density at radius 1 is 1.36 bits per heavy atom. The van der Waals surface area contributed by atoms with Gasteiger partial charge in [0.25, 0.3) is 5.91 Å². The van der Waals surface area contributed by atoms with E-state index in [0.29, 0.717) is 12.6 Å². The molecule has 1 aliphatic heterocycles. The molecule has 2 fully saturated rings. The summed E-state index contributed by atoms with van der Waals surface area (Å²) < 4.78 is 1.95. The number of likely N-dealkylation sites (tertiary alicyclic amines) is 1. The molecule has 2 aromatic rings. The zero-order valence-electron chi connectivity index (χ0n) is 16.8. The van der Waals surface area contributed by atoms with E-state index in [9.17, 15) is 9.59 Å². The molecule has 1 N–H and O–H groups in total. The zero-order chi connectivity index (χ0) is 20.1. The van der Waals surface area contributed by atoms with Crippen LogP contribution in [0.25, 0.3) is 10.9 Å². The van der Waals surface area contributed by atoms with Gasteiger partial charge in [-0.15, -0.1) is 0 Å². The molecule has 5 nitrogen and oxygen atoms in total. The highest BCUT2D eigenvalue weighted by Crippen LogP contribution is 2.47. The number of allylic oxidation sites excluding steroid dienone is 1. The number of benzene rings is 1. The van der Waals surface area contributed by atoms with Crippen molar-refractivity contribution in [1.29, 1.82) is 0 Å². The molecule has 4 rings (SSSR count). The largest absolute Gasteiger partial charge is 0.481 e. The maximum atomic E-state index is 13.3. The summed E-state index contributed by atoms with van der Waals surface area (Å²) in [5.41, 5.74) is 3.35. The van der Waals surface area contributed by atoms with Crippen molar-refractivity contribution in [3.8, 4) is 0 Å². The predicted molar refractivity (Wildman–Crippen MR) is 109 cm³/mol. The van der Waals surface area contributed by atoms with Crippen LogP contribution in [0.1, 0.15) is 50.4 Å². The maximum absolute atomic E-state index is 13.3. The van der Waals surface area contributed by atoms with E-state index in [-0.39, 0.29) is 11.3 Å². The lowest BCUT2D eigenvalue weighted by Crippen LogP contribution is -2.35. The average Bonchev–Trinajstić information content (AvgIpc) is 3.17. The molecule has 148 valence electrons. The highest BCUT2D eigenvalue weighted by Gasteiger charge is 2.46. The minimum Gasteiger partial charge on any atom is -0.481 e. The summed E-state index contributed by atoms with van der Waals surface area (Å²) in [5, 5.41) is 10.1. The van der Waals surface area contributed by atoms with E-state index in [2.05, 4.69) is 24.8 Å². The molecule has 3 unspecified atom stereocenters. The number of hydrogen-bond donors (Lipinski definition) is 1. The second kappa shape index (κ2) is 6.80. The van der Waals surface area contributed by atoms with Crippen molar-refractivity contribution in [3.63, 3.8) is 0 Å². The minimum absolute atomic E-state index is 0.111. The van der Waals surface area contributed by atoms with E-state index in [1.165, 1.54) is 5.57 Å². The smallest absolute Gasteiger partial charge is 0.308 e. The van der Waals surface area contributed by atoms with Crippen LogP contribution in [-0.2, 0) is 11.3 Å². The van der Waals surface area contributed by atoms with Gasteiger partial charge in [-0.05, 0) is 55.9 Å². The highest BCUT2D eigenvalue weighted by molar-refractivity contribution is 5.98. The van der Waals surface area contributed by atoms with E-state index in [4.69, 9.17) is 5.11 Å². The summed E-state index contributed by atoms with van der Waals surface area (Å²) in [5.74, 6) is -1.15. The second-order valence-electron chi connectivity index (χ2n) is 8.91. The fourth-order valence-electron chi connectivity index (χ4n) is 5.01. The monoisotopic (exact) mass is 380 g/mol. The van der Waals surface area contributed by atoms with Gasteiger partial charge in [0.2, 0.25) is 0 Å². The summed E-state index contributed by atoms with van der Waals surface area (Å²) >= 11 is 0. The molecule has 3 atom stereocenters. The normalized spacial score (nSPS) is 26.8. The lowest BCUT2D eigenvalue weighted by molar-refractivity contribution is -0.141. The van der Waals surface area contributed by atoms with Crippen LogP contribution >= 0.6 is 0 Å². The number of aromatic nitrogens is 1. The Morgan fingerprint density at radius 2 is 2.14 bits per heavy atom. The van der Waals surface area contributed by atoms with Crippen LogP contribution in [0.4, 0.5) is 0 Å². The lowest BCUT2D eigenvalue weighted by atomic mass is 9.75. The van der Waals surface area contributed by atoms with Crippen LogP contribution in [0.2, 0.25) is 0 Å². The molecule has 1 saturated carbocycles. The lowest BCUT2D eigenvalue weighted by Gasteiger charge is -2.29. The number of fused-ring (bicyclic) bond motifs is 3. The topological polar surface area (TPSA) is 62.5 Å². The molecular weight excluding hydrogens is 352 g/mol. The number of carbonyl (C=O) groups is 2. The maximum Gasteiger partial charge on any atom is 0.308 e. The van der Waals surface area contributed by atoms with Crippen molar-refractivity contribution < 1.29 is 14.7 Å². The number of carbonyl (C=O) groups excluding carboxylic acids is 1. The summed E-state index contributed by atoms with van der Waals surface area (Å²) in [6, 6.07) is 8.03. The van der Waals surface area contributed by atoms with Crippen molar-refractivity contribution in [2.75, 3.05) is 6.54 Å². The summed E-state index contributed by atoms with van der Waals surface area (Å²) in [4.78, 5) is 26.5. The highest BCUT2D eigenvalue weighted by atomic mass is 16.4. The molecule has 2 heterocycles. The van der Waals surface area contributed by atoms with E-state index in [1.54, 1.807) is 6.92 Å². The molecule has 2 aliphatic rings. The Labute approximate surface area is 165 Å². The predicted octanol–water partition coefficient (Wildman–Crippen LogP) is 4.32. The van der Waals surface area contributed by atoms with Crippen molar-refractivity contribution in [3.05, 3.63) is 47.7 Å². The Hall–Kier alpha value is -2.56. The van der Waals surface area contributed by atoms with Gasteiger partial charge >= 0.3 is 5.97 Å². The van der Waals surface area contributed by atoms with Gasteiger partial charge in [0, 0.05) is 41.8 Å². The van der Waals surface area contributed by atoms with Gasteiger partial charge in [-0.25, -0.2) is 0 Å². The van der Waals surface area contributed by atoms with Crippen LogP contribution in [-0.4, -0.2) is 39.0 Å². The molecule has 5 heteroatoms. The Bertz CT molecular complexity index is 973. The fourth-order valence-corrected chi connectivity index (χ4v) is 5.01. The molecule has 1 aromatic heterocycles. The standard InChI is InChI=1S/C23H28N2O3/c1-4-16-9-19-12-23(3,11-16)14-25(19)21(26)18-5-6-20-17(10-18)7-8-24(20)13-15(2)22(27)28/h4-8,10,15,19H,9,11-14H2,1-3H3,(H,27,28)/b16-4-. The first kappa shape index (κ1) is 18.8. The van der Waals surface area contributed by atoms with E-state index in [0.717, 1.165) is 42.3 Å². The van der Waals surface area contributed by atoms with Gasteiger partial charge in [-0.1, -0.05) is 25.5 Å². The first-order valence-corrected chi connectivity index (χ1v) is 10.1. The number of hydrogen-bond acceptors (Lipinski definition) is 2. The van der Waals surface area contributed by atoms with E-state index >= 15 is 0 Å². The molecule has 2 bridgehead atoms. The molecule has 28 heavy (non-hydrogen) atoms. The van der Waals surface area contributed by atoms with Crippen LogP contribution in [0, 0.1) is 11.3 Å². The third-order valence-corrected chi connectivity index (χ3v) is 6.45. The number of amides is 1. The van der Waals surface area contributed by atoms with Crippen molar-refractivity contribution in [2.45, 2.75) is 52.6 Å². The zero-order valence-corrected chi connectivity index (χ0v) is 16.8. The molecule has 1 aromatic carbocycles. The number of nitrogens with zero attached hydrogens (tertiary/aromatic N) is 2. The number of carboxylic acid groups (broad SMARTS) is 1. The summed E-state index contributed by atoms with van der Waals surface area (Å²) in [7, 11) is 0. The molecule has 0 spiro atoms. The quantitative estimate of drug-likeness (QED) is 0.804. The minimum atomic E-state index is -0.803. The van der Waals surface area contributed by atoms with Crippen LogP contribution in [0.15, 0.2) is 42.1 Å². The van der Waals surface area contributed by atoms with Gasteiger partial charge in [-0.3, -0.25) is 9.59 Å². The molecule has 1 aliphatic carbocycles.